The first-order chi connectivity index (χ1) is 8.74. The first-order valence-corrected chi connectivity index (χ1v) is 5.48. The molecule has 0 aliphatic carbocycles. The molecule has 0 atom stereocenters. The van der Waals surface area contributed by atoms with Gasteiger partial charge in [0.1, 0.15) is 11.6 Å². The average molecular weight is 239 g/mol. The fourth-order valence-corrected chi connectivity index (χ4v) is 1.62. The van der Waals surface area contributed by atoms with E-state index in [0.717, 1.165) is 17.3 Å². The summed E-state index contributed by atoms with van der Waals surface area (Å²) in [5, 5.41) is 8.88. The van der Waals surface area contributed by atoms with Gasteiger partial charge < -0.3 is 9.64 Å². The summed E-state index contributed by atoms with van der Waals surface area (Å²) in [6, 6.07) is 13.2. The molecule has 4 nitrogen and oxygen atoms in total. The third kappa shape index (κ3) is 2.41. The molecule has 1 aromatic heterocycles. The molecule has 0 N–H and O–H groups in total. The van der Waals surface area contributed by atoms with Crippen molar-refractivity contribution in [3.63, 3.8) is 0 Å². The fraction of sp³-hybridized carbons (Fsp3) is 0.143. The van der Waals surface area contributed by atoms with Gasteiger partial charge in [0.15, 0.2) is 0 Å². The zero-order valence-corrected chi connectivity index (χ0v) is 10.3. The minimum Gasteiger partial charge on any atom is -0.497 e. The number of hydrogen-bond donors (Lipinski definition) is 0. The van der Waals surface area contributed by atoms with Gasteiger partial charge >= 0.3 is 0 Å². The molecule has 0 unspecified atom stereocenters. The van der Waals surface area contributed by atoms with Gasteiger partial charge in [0.2, 0.25) is 0 Å². The lowest BCUT2D eigenvalue weighted by atomic mass is 10.2. The van der Waals surface area contributed by atoms with Crippen LogP contribution in [0.15, 0.2) is 42.6 Å². The molecule has 0 fully saturated rings. The Morgan fingerprint density at radius 2 is 2.11 bits per heavy atom. The highest BCUT2D eigenvalue weighted by Gasteiger charge is 2.06. The lowest BCUT2D eigenvalue weighted by Crippen LogP contribution is -2.11. The molecule has 0 spiro atoms. The van der Waals surface area contributed by atoms with Gasteiger partial charge in [-0.05, 0) is 24.3 Å². The van der Waals surface area contributed by atoms with Crippen molar-refractivity contribution in [3.05, 3.63) is 48.2 Å². The van der Waals surface area contributed by atoms with Crippen LogP contribution < -0.4 is 9.64 Å². The summed E-state index contributed by atoms with van der Waals surface area (Å²) in [5.74, 6) is 1.51. The van der Waals surface area contributed by atoms with E-state index in [1.165, 1.54) is 0 Å². The molecular formula is C14H13N3O. The summed E-state index contributed by atoms with van der Waals surface area (Å²) in [5.41, 5.74) is 1.55. The molecule has 0 saturated heterocycles. The highest BCUT2D eigenvalue weighted by molar-refractivity contribution is 5.61. The number of methoxy groups -OCH3 is 1. The molecule has 0 radical (unpaired) electrons. The molecule has 1 heterocycles. The van der Waals surface area contributed by atoms with Crippen LogP contribution >= 0.6 is 0 Å². The van der Waals surface area contributed by atoms with Crippen molar-refractivity contribution in [1.82, 2.24) is 4.98 Å². The van der Waals surface area contributed by atoms with E-state index in [1.54, 1.807) is 25.4 Å². The maximum absolute atomic E-state index is 8.88. The molecule has 18 heavy (non-hydrogen) atoms. The minimum absolute atomic E-state index is 0.592. The number of hydrogen-bond acceptors (Lipinski definition) is 4. The van der Waals surface area contributed by atoms with Crippen LogP contribution in [0.1, 0.15) is 5.56 Å². The summed E-state index contributed by atoms with van der Waals surface area (Å²) in [4.78, 5) is 6.16. The average Bonchev–Trinajstić information content (AvgIpc) is 2.46. The zero-order chi connectivity index (χ0) is 13.0. The van der Waals surface area contributed by atoms with E-state index in [9.17, 15) is 0 Å². The standard InChI is InChI=1S/C14H13N3O/c1-17(12-4-3-5-13(9-12)18-2)14-8-11(10-15)6-7-16-14/h3-9H,1-2H3. The van der Waals surface area contributed by atoms with Crippen LogP contribution in [0.3, 0.4) is 0 Å². The van der Waals surface area contributed by atoms with Crippen molar-refractivity contribution in [2.75, 3.05) is 19.1 Å². The Morgan fingerprint density at radius 3 is 2.83 bits per heavy atom. The number of pyridine rings is 1. The molecule has 0 aliphatic heterocycles. The van der Waals surface area contributed by atoms with Crippen molar-refractivity contribution in [2.24, 2.45) is 0 Å². The van der Waals surface area contributed by atoms with Crippen molar-refractivity contribution >= 4 is 11.5 Å². The third-order valence-corrected chi connectivity index (χ3v) is 2.66. The van der Waals surface area contributed by atoms with E-state index in [1.807, 2.05) is 36.2 Å². The van der Waals surface area contributed by atoms with Crippen molar-refractivity contribution in [2.45, 2.75) is 0 Å². The van der Waals surface area contributed by atoms with Gasteiger partial charge in [-0.15, -0.1) is 0 Å². The number of benzene rings is 1. The van der Waals surface area contributed by atoms with E-state index in [2.05, 4.69) is 11.1 Å². The molecular weight excluding hydrogens is 226 g/mol. The second-order valence-electron chi connectivity index (χ2n) is 3.78. The number of nitriles is 1. The van der Waals surface area contributed by atoms with Gasteiger partial charge in [-0.1, -0.05) is 6.07 Å². The Labute approximate surface area is 106 Å². The lowest BCUT2D eigenvalue weighted by Gasteiger charge is -2.18. The molecule has 0 aliphatic rings. The number of rotatable bonds is 3. The summed E-state index contributed by atoms with van der Waals surface area (Å²) >= 11 is 0. The van der Waals surface area contributed by atoms with E-state index < -0.39 is 0 Å². The first kappa shape index (κ1) is 11.9. The smallest absolute Gasteiger partial charge is 0.133 e. The number of aromatic nitrogens is 1. The predicted octanol–water partition coefficient (Wildman–Crippen LogP) is 2.73. The Bertz CT molecular complexity index is 590. The second kappa shape index (κ2) is 5.19. The van der Waals surface area contributed by atoms with Crippen LogP contribution in [-0.4, -0.2) is 19.1 Å². The number of anilines is 2. The van der Waals surface area contributed by atoms with E-state index in [4.69, 9.17) is 10.00 Å². The van der Waals surface area contributed by atoms with Crippen molar-refractivity contribution < 1.29 is 4.74 Å². The summed E-state index contributed by atoms with van der Waals surface area (Å²) in [6.07, 6.45) is 1.63. The SMILES string of the molecule is COc1cccc(N(C)c2cc(C#N)ccn2)c1. The van der Waals surface area contributed by atoms with Gasteiger partial charge in [-0.25, -0.2) is 4.98 Å². The largest absolute Gasteiger partial charge is 0.497 e. The van der Waals surface area contributed by atoms with Crippen molar-refractivity contribution in [3.8, 4) is 11.8 Å². The summed E-state index contributed by atoms with van der Waals surface area (Å²) < 4.78 is 5.19. The summed E-state index contributed by atoms with van der Waals surface area (Å²) in [7, 11) is 3.53. The highest BCUT2D eigenvalue weighted by Crippen LogP contribution is 2.25. The Kier molecular flexibility index (Phi) is 3.44. The molecule has 4 heteroatoms. The number of nitrogens with zero attached hydrogens (tertiary/aromatic N) is 3. The molecule has 0 saturated carbocycles. The lowest BCUT2D eigenvalue weighted by molar-refractivity contribution is 0.415. The normalized spacial score (nSPS) is 9.61. The van der Waals surface area contributed by atoms with E-state index in [0.29, 0.717) is 5.56 Å². The van der Waals surface area contributed by atoms with Gasteiger partial charge in [0.05, 0.1) is 18.7 Å². The molecule has 2 rings (SSSR count). The zero-order valence-electron chi connectivity index (χ0n) is 10.3. The quantitative estimate of drug-likeness (QED) is 0.826. The summed E-state index contributed by atoms with van der Waals surface area (Å²) in [6.45, 7) is 0. The van der Waals surface area contributed by atoms with Crippen molar-refractivity contribution in [1.29, 1.82) is 5.26 Å². The maximum atomic E-state index is 8.88. The van der Waals surface area contributed by atoms with Crippen LogP contribution in [0, 0.1) is 11.3 Å². The van der Waals surface area contributed by atoms with E-state index in [-0.39, 0.29) is 0 Å². The van der Waals surface area contributed by atoms with Gasteiger partial charge in [0.25, 0.3) is 0 Å². The third-order valence-electron chi connectivity index (χ3n) is 2.66. The van der Waals surface area contributed by atoms with Crippen LogP contribution in [0.2, 0.25) is 0 Å². The van der Waals surface area contributed by atoms with Gasteiger partial charge in [-0.3, -0.25) is 0 Å². The van der Waals surface area contributed by atoms with Crippen LogP contribution in [0.4, 0.5) is 11.5 Å². The van der Waals surface area contributed by atoms with Crippen LogP contribution in [0.25, 0.3) is 0 Å². The molecule has 0 amide bonds. The molecule has 2 aromatic rings. The Morgan fingerprint density at radius 1 is 1.28 bits per heavy atom. The monoisotopic (exact) mass is 239 g/mol. The Hall–Kier alpha value is -2.54. The van der Waals surface area contributed by atoms with E-state index >= 15 is 0 Å². The molecule has 0 bridgehead atoms. The minimum atomic E-state index is 0.592. The van der Waals surface area contributed by atoms with Crippen LogP contribution in [-0.2, 0) is 0 Å². The molecule has 90 valence electrons. The van der Waals surface area contributed by atoms with Gasteiger partial charge in [0, 0.05) is 25.0 Å². The van der Waals surface area contributed by atoms with Crippen LogP contribution in [0.5, 0.6) is 5.75 Å². The predicted molar refractivity (Wildman–Crippen MR) is 70.0 cm³/mol. The second-order valence-corrected chi connectivity index (χ2v) is 3.78. The number of ether oxygens (including phenoxy) is 1. The topological polar surface area (TPSA) is 49.1 Å². The highest BCUT2D eigenvalue weighted by atomic mass is 16.5. The first-order valence-electron chi connectivity index (χ1n) is 5.48. The van der Waals surface area contributed by atoms with Gasteiger partial charge in [-0.2, -0.15) is 5.26 Å². The maximum Gasteiger partial charge on any atom is 0.133 e. The fourth-order valence-electron chi connectivity index (χ4n) is 1.62. The molecule has 1 aromatic carbocycles. The Balaban J connectivity index is 2.35.